The number of phosphoric acid groups is 2. The number of primary amides is 1. The van der Waals surface area contributed by atoms with Gasteiger partial charge in [0.15, 0.2) is 17.7 Å². The van der Waals surface area contributed by atoms with Crippen LogP contribution in [-0.4, -0.2) is 130 Å². The predicted molar refractivity (Wildman–Crippen MR) is 142 cm³/mol. The Bertz CT molecular complexity index is 1500. The molecule has 3 aliphatic heterocycles. The van der Waals surface area contributed by atoms with Crippen LogP contribution in [0.3, 0.4) is 0 Å². The lowest BCUT2D eigenvalue weighted by Gasteiger charge is -2.33. The third kappa shape index (κ3) is 6.86. The number of phosphoric ester groups is 2. The molecule has 1 amide bonds. The maximum Gasteiger partial charge on any atom is 0.481 e. The van der Waals surface area contributed by atoms with E-state index in [4.69, 9.17) is 30.0 Å². The number of amides is 1. The number of ether oxygens (including phenoxy) is 2. The second-order valence-electron chi connectivity index (χ2n) is 10.2. The van der Waals surface area contributed by atoms with Crippen LogP contribution in [0.2, 0.25) is 0 Å². The molecule has 21 nitrogen and oxygen atoms in total. The van der Waals surface area contributed by atoms with E-state index in [-0.39, 0.29) is 30.1 Å². The molecule has 2 unspecified atom stereocenters. The van der Waals surface area contributed by atoms with E-state index in [1.54, 1.807) is 12.2 Å². The molecule has 11 atom stereocenters. The minimum absolute atomic E-state index is 0.0541. The van der Waals surface area contributed by atoms with Gasteiger partial charge in [-0.3, -0.25) is 23.3 Å². The van der Waals surface area contributed by atoms with Crippen LogP contribution in [-0.2, 0) is 36.8 Å². The Labute approximate surface area is 247 Å². The first-order chi connectivity index (χ1) is 20.7. The number of hydrogen-bond acceptors (Lipinski definition) is 17. The fraction of sp³-hybridized carbons (Fsp3) is 0.619. The lowest BCUT2D eigenvalue weighted by Crippen LogP contribution is -2.49. The maximum atomic E-state index is 12.4. The number of aliphatic hydroxyl groups is 4. The zero-order valence-corrected chi connectivity index (χ0v) is 24.4. The number of aromatic nitrogens is 4. The second-order valence-corrected chi connectivity index (χ2v) is 13.2. The van der Waals surface area contributed by atoms with Crippen molar-refractivity contribution in [3.63, 3.8) is 0 Å². The summed E-state index contributed by atoms with van der Waals surface area (Å²) in [5.41, 5.74) is 11.4. The van der Waals surface area contributed by atoms with Crippen LogP contribution in [0.5, 0.6) is 0 Å². The van der Waals surface area contributed by atoms with Crippen LogP contribution < -0.4 is 11.5 Å². The number of anilines is 1. The van der Waals surface area contributed by atoms with Crippen LogP contribution in [0.1, 0.15) is 6.23 Å². The SMILES string of the molecule is NC(=O)[C@H]1C=CCN([C@@H]2O[C@H](COP(=O)(O)OP(=O)(O)OC[C@H]3O[C@H](n4cnc5c(N)ncnc54)[C@@H](O)[C@H]3O)[C@@H](O)[C@@H]2O)C1. The minimum Gasteiger partial charge on any atom is -0.387 e. The topological polar surface area (TPSA) is 318 Å². The molecule has 0 aromatic carbocycles. The molecular weight excluding hydrogens is 636 g/mol. The van der Waals surface area contributed by atoms with Crippen molar-refractivity contribution < 1.29 is 67.0 Å². The van der Waals surface area contributed by atoms with E-state index in [9.17, 15) is 44.1 Å². The predicted octanol–water partition coefficient (Wildman–Crippen LogP) is -3.30. The summed E-state index contributed by atoms with van der Waals surface area (Å²) in [5.74, 6) is -1.22. The highest BCUT2D eigenvalue weighted by molar-refractivity contribution is 7.61. The molecule has 0 spiro atoms. The van der Waals surface area contributed by atoms with Crippen LogP contribution in [0.4, 0.5) is 5.82 Å². The first-order valence-corrected chi connectivity index (χ1v) is 16.0. The van der Waals surface area contributed by atoms with Crippen molar-refractivity contribution >= 4 is 38.5 Å². The maximum absolute atomic E-state index is 12.4. The molecule has 2 saturated heterocycles. The monoisotopic (exact) mass is 667 g/mol. The Morgan fingerprint density at radius 2 is 1.55 bits per heavy atom. The van der Waals surface area contributed by atoms with Gasteiger partial charge in [0.1, 0.15) is 54.7 Å². The second kappa shape index (κ2) is 12.7. The normalized spacial score (nSPS) is 35.5. The lowest BCUT2D eigenvalue weighted by atomic mass is 10.0. The van der Waals surface area contributed by atoms with Gasteiger partial charge in [-0.25, -0.2) is 24.1 Å². The molecule has 3 aliphatic rings. The molecule has 23 heteroatoms. The van der Waals surface area contributed by atoms with E-state index in [2.05, 4.69) is 19.3 Å². The van der Waals surface area contributed by atoms with Gasteiger partial charge < -0.3 is 51.2 Å². The largest absolute Gasteiger partial charge is 0.481 e. The number of imidazole rings is 1. The van der Waals surface area contributed by atoms with Crippen molar-refractivity contribution in [3.05, 3.63) is 24.8 Å². The summed E-state index contributed by atoms with van der Waals surface area (Å²) in [7, 11) is -10.7. The molecule has 5 rings (SSSR count). The van der Waals surface area contributed by atoms with Gasteiger partial charge in [-0.1, -0.05) is 12.2 Å². The average molecular weight is 667 g/mol. The standard InChI is InChI=1S/C21H31N7O14P2/c22-17-12-19(25-7-24-17)28(8-26-12)21-16(32)14(30)11(41-21)6-39-44(36,37)42-43(34,35)38-5-10-13(29)15(31)20(40-10)27-3-1-2-9(4-27)18(23)33/h1-2,7-11,13-16,20-21,29-32H,3-6H2,(H2,23,33)(H,34,35)(H,36,37)(H2,22,24,25)/t9-,10+,11+,13+,14-,15-,16-,20+,21-/m0/s1. The Morgan fingerprint density at radius 1 is 0.955 bits per heavy atom. The molecule has 2 aromatic rings. The number of fused-ring (bicyclic) bond motifs is 1. The molecule has 5 heterocycles. The number of hydrogen-bond donors (Lipinski definition) is 8. The zero-order chi connectivity index (χ0) is 32.0. The summed E-state index contributed by atoms with van der Waals surface area (Å²) in [6.45, 7) is -1.42. The Morgan fingerprint density at radius 3 is 2.16 bits per heavy atom. The highest BCUT2D eigenvalue weighted by atomic mass is 31.3. The van der Waals surface area contributed by atoms with Crippen molar-refractivity contribution in [2.75, 3.05) is 32.0 Å². The summed E-state index contributed by atoms with van der Waals surface area (Å²) < 4.78 is 51.0. The number of carbonyl (C=O) groups is 1. The lowest BCUT2D eigenvalue weighted by molar-refractivity contribution is -0.125. The fourth-order valence-electron chi connectivity index (χ4n) is 4.98. The van der Waals surface area contributed by atoms with E-state index in [0.29, 0.717) is 0 Å². The van der Waals surface area contributed by atoms with Crippen molar-refractivity contribution in [2.24, 2.45) is 11.7 Å². The molecule has 2 aromatic heterocycles. The molecule has 0 radical (unpaired) electrons. The van der Waals surface area contributed by atoms with Gasteiger partial charge >= 0.3 is 15.6 Å². The highest BCUT2D eigenvalue weighted by Crippen LogP contribution is 2.60. The summed E-state index contributed by atoms with van der Waals surface area (Å²) >= 11 is 0. The molecular formula is C21H31N7O14P2. The number of rotatable bonds is 11. The number of nitrogens with zero attached hydrogens (tertiary/aromatic N) is 5. The van der Waals surface area contributed by atoms with Crippen molar-refractivity contribution in [2.45, 2.75) is 49.1 Å². The number of nitrogens with two attached hydrogens (primary N) is 2. The molecule has 0 bridgehead atoms. The Hall–Kier alpha value is -2.46. The third-order valence-electron chi connectivity index (χ3n) is 7.21. The van der Waals surface area contributed by atoms with Gasteiger partial charge in [0, 0.05) is 13.1 Å². The van der Waals surface area contributed by atoms with Crippen LogP contribution >= 0.6 is 15.6 Å². The van der Waals surface area contributed by atoms with Gasteiger partial charge in [-0.15, -0.1) is 0 Å². The first-order valence-electron chi connectivity index (χ1n) is 13.0. The number of nitrogen functional groups attached to an aromatic ring is 1. The van der Waals surface area contributed by atoms with E-state index >= 15 is 0 Å². The van der Waals surface area contributed by atoms with Gasteiger partial charge in [0.25, 0.3) is 0 Å². The summed E-state index contributed by atoms with van der Waals surface area (Å²) in [5, 5.41) is 41.7. The quantitative estimate of drug-likeness (QED) is 0.0859. The Balaban J connectivity index is 1.14. The smallest absolute Gasteiger partial charge is 0.387 e. The van der Waals surface area contributed by atoms with Gasteiger partial charge in [0.05, 0.1) is 25.5 Å². The summed E-state index contributed by atoms with van der Waals surface area (Å²) in [6.07, 6.45) is -5.94. The van der Waals surface area contributed by atoms with Crippen LogP contribution in [0.15, 0.2) is 24.8 Å². The summed E-state index contributed by atoms with van der Waals surface area (Å²) in [6, 6.07) is 0. The first kappa shape index (κ1) is 32.9. The van der Waals surface area contributed by atoms with Crippen molar-refractivity contribution in [1.29, 1.82) is 0 Å². The number of carbonyl (C=O) groups excluding carboxylic acids is 1. The van der Waals surface area contributed by atoms with Gasteiger partial charge in [-0.2, -0.15) is 4.31 Å². The van der Waals surface area contributed by atoms with Gasteiger partial charge in [0.2, 0.25) is 5.91 Å². The minimum atomic E-state index is -5.36. The van der Waals surface area contributed by atoms with Crippen LogP contribution in [0.25, 0.3) is 11.2 Å². The van der Waals surface area contributed by atoms with Gasteiger partial charge in [-0.05, 0) is 0 Å². The third-order valence-corrected chi connectivity index (χ3v) is 9.81. The zero-order valence-electron chi connectivity index (χ0n) is 22.6. The molecule has 10 N–H and O–H groups in total. The highest BCUT2D eigenvalue weighted by Gasteiger charge is 2.49. The summed E-state index contributed by atoms with van der Waals surface area (Å²) in [4.78, 5) is 45.0. The van der Waals surface area contributed by atoms with Crippen molar-refractivity contribution in [1.82, 2.24) is 24.4 Å². The molecule has 0 saturated carbocycles. The number of aliphatic hydroxyl groups excluding tert-OH is 4. The van der Waals surface area contributed by atoms with E-state index in [1.165, 1.54) is 15.8 Å². The molecule has 244 valence electrons. The van der Waals surface area contributed by atoms with E-state index < -0.39 is 89.8 Å². The molecule has 0 aliphatic carbocycles. The molecule has 44 heavy (non-hydrogen) atoms. The van der Waals surface area contributed by atoms with E-state index in [0.717, 1.165) is 6.33 Å². The molecule has 2 fully saturated rings. The average Bonchev–Trinajstić information content (AvgIpc) is 3.61. The van der Waals surface area contributed by atoms with Crippen molar-refractivity contribution in [3.8, 4) is 0 Å². The fourth-order valence-corrected chi connectivity index (χ4v) is 7.07. The van der Waals surface area contributed by atoms with Crippen LogP contribution in [0, 0.1) is 5.92 Å². The Kier molecular flexibility index (Phi) is 9.53. The van der Waals surface area contributed by atoms with E-state index in [1.807, 2.05) is 0 Å².